The minimum atomic E-state index is -1.30. The number of hydrogen-bond acceptors (Lipinski definition) is 9. The molecule has 1 aromatic carbocycles. The van der Waals surface area contributed by atoms with Crippen LogP contribution in [0.1, 0.15) is 35.2 Å². The van der Waals surface area contributed by atoms with E-state index in [0.29, 0.717) is 46.9 Å². The Bertz CT molecular complexity index is 1230. The maximum atomic E-state index is 12.9. The van der Waals surface area contributed by atoms with Crippen LogP contribution >= 0.6 is 0 Å². The van der Waals surface area contributed by atoms with Crippen molar-refractivity contribution in [2.75, 3.05) is 42.0 Å². The van der Waals surface area contributed by atoms with Crippen molar-refractivity contribution in [3.05, 3.63) is 53.6 Å². The lowest BCUT2D eigenvalue weighted by atomic mass is 10.2. The lowest BCUT2D eigenvalue weighted by Crippen LogP contribution is -2.25. The largest absolute Gasteiger partial charge is 0.497 e. The fourth-order valence-corrected chi connectivity index (χ4v) is 3.71. The number of ether oxygens (including phenoxy) is 1. The number of hydrogen-bond donors (Lipinski definition) is 3. The Balaban J connectivity index is 2.03. The summed E-state index contributed by atoms with van der Waals surface area (Å²) >= 11 is 0. The summed E-state index contributed by atoms with van der Waals surface area (Å²) in [5.41, 5.74) is 5.20. The van der Waals surface area contributed by atoms with Crippen molar-refractivity contribution >= 4 is 45.6 Å². The van der Waals surface area contributed by atoms with Crippen molar-refractivity contribution in [3.63, 3.8) is 0 Å². The van der Waals surface area contributed by atoms with E-state index in [2.05, 4.69) is 31.1 Å². The SMILES string of the molecule is CCCONC(=O)c1cnc(Nc2cc(C)nc(C)n2)cc1Nc1ccc(OC)cc1N(C)S(C)=O. The van der Waals surface area contributed by atoms with E-state index < -0.39 is 16.9 Å². The fourth-order valence-electron chi connectivity index (χ4n) is 3.28. The number of aryl methyl sites for hydroxylation is 2. The molecule has 0 bridgehead atoms. The highest BCUT2D eigenvalue weighted by atomic mass is 32.2. The van der Waals surface area contributed by atoms with Crippen LogP contribution in [0, 0.1) is 13.8 Å². The molecule has 0 fully saturated rings. The van der Waals surface area contributed by atoms with Gasteiger partial charge in [-0.15, -0.1) is 0 Å². The molecule has 0 aliphatic rings. The molecule has 192 valence electrons. The monoisotopic (exact) mass is 513 g/mol. The lowest BCUT2D eigenvalue weighted by molar-refractivity contribution is 0.0315. The van der Waals surface area contributed by atoms with E-state index in [1.54, 1.807) is 55.1 Å². The quantitative estimate of drug-likeness (QED) is 0.259. The molecule has 0 saturated heterocycles. The molecule has 0 spiro atoms. The molecule has 1 amide bonds. The van der Waals surface area contributed by atoms with Crippen molar-refractivity contribution in [1.29, 1.82) is 0 Å². The Labute approximate surface area is 213 Å². The molecule has 0 radical (unpaired) electrons. The first-order valence-corrected chi connectivity index (χ1v) is 12.8. The lowest BCUT2D eigenvalue weighted by Gasteiger charge is -2.22. The summed E-state index contributed by atoms with van der Waals surface area (Å²) in [7, 11) is 1.98. The number of anilines is 5. The highest BCUT2D eigenvalue weighted by molar-refractivity contribution is 7.85. The minimum Gasteiger partial charge on any atom is -0.497 e. The molecule has 1 unspecified atom stereocenters. The average molecular weight is 514 g/mol. The summed E-state index contributed by atoms with van der Waals surface area (Å²) in [4.78, 5) is 31.2. The number of nitrogens with one attached hydrogen (secondary N) is 3. The predicted octanol–water partition coefficient (Wildman–Crippen LogP) is 3.79. The van der Waals surface area contributed by atoms with Crippen LogP contribution in [0.2, 0.25) is 0 Å². The highest BCUT2D eigenvalue weighted by Gasteiger charge is 2.18. The molecule has 0 aliphatic carbocycles. The third-order valence-corrected chi connectivity index (χ3v) is 6.01. The van der Waals surface area contributed by atoms with Crippen LogP contribution in [0.4, 0.5) is 28.7 Å². The van der Waals surface area contributed by atoms with Gasteiger partial charge in [0.15, 0.2) is 0 Å². The van der Waals surface area contributed by atoms with Crippen LogP contribution in [0.15, 0.2) is 36.5 Å². The second kappa shape index (κ2) is 12.3. The Kier molecular flexibility index (Phi) is 9.14. The average Bonchev–Trinajstić information content (AvgIpc) is 2.83. The van der Waals surface area contributed by atoms with Gasteiger partial charge in [0, 0.05) is 43.4 Å². The van der Waals surface area contributed by atoms with Crippen LogP contribution < -0.4 is 25.2 Å². The van der Waals surface area contributed by atoms with E-state index in [0.717, 1.165) is 12.1 Å². The second-order valence-corrected chi connectivity index (χ2v) is 9.29. The molecular weight excluding hydrogens is 482 g/mol. The maximum Gasteiger partial charge on any atom is 0.278 e. The summed E-state index contributed by atoms with van der Waals surface area (Å²) < 4.78 is 19.2. The van der Waals surface area contributed by atoms with E-state index in [9.17, 15) is 9.00 Å². The number of pyridine rings is 1. The number of amides is 1. The highest BCUT2D eigenvalue weighted by Crippen LogP contribution is 2.34. The summed E-state index contributed by atoms with van der Waals surface area (Å²) in [6, 6.07) is 8.82. The molecular formula is C24H31N7O4S. The Hall–Kier alpha value is -3.77. The molecule has 3 rings (SSSR count). The molecule has 3 N–H and O–H groups in total. The zero-order chi connectivity index (χ0) is 26.2. The topological polar surface area (TPSA) is 131 Å². The molecule has 0 saturated carbocycles. The third kappa shape index (κ3) is 6.89. The Morgan fingerprint density at radius 3 is 2.53 bits per heavy atom. The van der Waals surface area contributed by atoms with Gasteiger partial charge in [0.1, 0.15) is 34.2 Å². The standard InChI is InChI=1S/C24H31N7O4S/c1-7-10-35-30-24(32)18-14-25-22(29-23-11-15(2)26-16(3)27-23)13-20(18)28-19-9-8-17(34-5)12-21(19)31(4)36(6)33/h8-9,11-14H,7,10H2,1-6H3,(H,30,32)(H2,25,26,27,28,29). The van der Waals surface area contributed by atoms with Crippen molar-refractivity contribution in [3.8, 4) is 5.75 Å². The minimum absolute atomic E-state index is 0.258. The second-order valence-electron chi connectivity index (χ2n) is 7.89. The van der Waals surface area contributed by atoms with Gasteiger partial charge < -0.3 is 15.4 Å². The van der Waals surface area contributed by atoms with Crippen LogP contribution in [0.25, 0.3) is 0 Å². The van der Waals surface area contributed by atoms with E-state index >= 15 is 0 Å². The number of hydroxylamine groups is 1. The molecule has 2 aromatic heterocycles. The van der Waals surface area contributed by atoms with E-state index in [4.69, 9.17) is 9.57 Å². The summed E-state index contributed by atoms with van der Waals surface area (Å²) in [6.07, 6.45) is 3.77. The molecule has 12 heteroatoms. The van der Waals surface area contributed by atoms with Gasteiger partial charge in [-0.05, 0) is 32.4 Å². The fraction of sp³-hybridized carbons (Fsp3) is 0.333. The third-order valence-electron chi connectivity index (χ3n) is 5.04. The molecule has 2 heterocycles. The van der Waals surface area contributed by atoms with Crippen molar-refractivity contribution in [2.24, 2.45) is 0 Å². The molecule has 11 nitrogen and oxygen atoms in total. The Morgan fingerprint density at radius 1 is 1.08 bits per heavy atom. The number of nitrogens with zero attached hydrogens (tertiary/aromatic N) is 4. The first-order valence-electron chi connectivity index (χ1n) is 11.3. The van der Waals surface area contributed by atoms with Crippen LogP contribution in [0.5, 0.6) is 5.75 Å². The number of carbonyl (C=O) groups excluding carboxylic acids is 1. The van der Waals surface area contributed by atoms with E-state index in [1.165, 1.54) is 6.20 Å². The molecule has 1 atom stereocenters. The number of methoxy groups -OCH3 is 1. The summed E-state index contributed by atoms with van der Waals surface area (Å²) in [6.45, 7) is 6.01. The molecule has 36 heavy (non-hydrogen) atoms. The van der Waals surface area contributed by atoms with Crippen molar-refractivity contribution in [2.45, 2.75) is 27.2 Å². The van der Waals surface area contributed by atoms with Crippen LogP contribution in [-0.2, 0) is 15.8 Å². The maximum absolute atomic E-state index is 12.9. The van der Waals surface area contributed by atoms with Crippen molar-refractivity contribution in [1.82, 2.24) is 20.4 Å². The van der Waals surface area contributed by atoms with Gasteiger partial charge in [0.25, 0.3) is 5.91 Å². The van der Waals surface area contributed by atoms with Gasteiger partial charge in [0.05, 0.1) is 36.3 Å². The summed E-state index contributed by atoms with van der Waals surface area (Å²) in [5.74, 6) is 1.81. The molecule has 0 aliphatic heterocycles. The summed E-state index contributed by atoms with van der Waals surface area (Å²) in [5, 5.41) is 6.45. The van der Waals surface area contributed by atoms with Gasteiger partial charge in [-0.25, -0.2) is 24.6 Å². The van der Waals surface area contributed by atoms with Gasteiger partial charge in [-0.3, -0.25) is 13.9 Å². The van der Waals surface area contributed by atoms with Gasteiger partial charge >= 0.3 is 0 Å². The van der Waals surface area contributed by atoms with E-state index in [-0.39, 0.29) is 5.56 Å². The smallest absolute Gasteiger partial charge is 0.278 e. The van der Waals surface area contributed by atoms with Crippen LogP contribution in [0.3, 0.4) is 0 Å². The molecule has 3 aromatic rings. The number of carbonyl (C=O) groups is 1. The van der Waals surface area contributed by atoms with Gasteiger partial charge in [0.2, 0.25) is 0 Å². The zero-order valence-electron chi connectivity index (χ0n) is 21.2. The van der Waals surface area contributed by atoms with Crippen molar-refractivity contribution < 1.29 is 18.6 Å². The van der Waals surface area contributed by atoms with Crippen LogP contribution in [-0.4, -0.2) is 52.1 Å². The van der Waals surface area contributed by atoms with E-state index in [1.807, 2.05) is 20.8 Å². The van der Waals surface area contributed by atoms with Gasteiger partial charge in [-0.1, -0.05) is 6.92 Å². The zero-order valence-corrected chi connectivity index (χ0v) is 22.0. The number of rotatable bonds is 11. The first kappa shape index (κ1) is 26.8. The predicted molar refractivity (Wildman–Crippen MR) is 141 cm³/mol. The Morgan fingerprint density at radius 2 is 1.86 bits per heavy atom. The number of benzene rings is 1. The first-order chi connectivity index (χ1) is 17.2. The number of aromatic nitrogens is 3. The van der Waals surface area contributed by atoms with Gasteiger partial charge in [-0.2, -0.15) is 0 Å². The normalized spacial score (nSPS) is 11.5.